The minimum absolute atomic E-state index is 0.194. The number of nitrogens with zero attached hydrogens (tertiary/aromatic N) is 2. The minimum atomic E-state index is -0.974. The largest absolute Gasteiger partial charge is 0.480 e. The Kier molecular flexibility index (Phi) is 3.12. The summed E-state index contributed by atoms with van der Waals surface area (Å²) >= 11 is 0. The SMILES string of the molecule is CC(C(=O)O)n1cc(C(=O)NCC2CC2)cn1. The first-order valence-corrected chi connectivity index (χ1v) is 5.63. The van der Waals surface area contributed by atoms with Gasteiger partial charge >= 0.3 is 5.97 Å². The van der Waals surface area contributed by atoms with Crippen LogP contribution in [-0.2, 0) is 4.79 Å². The zero-order chi connectivity index (χ0) is 12.4. The average molecular weight is 237 g/mol. The third kappa shape index (κ3) is 2.83. The molecule has 6 heteroatoms. The van der Waals surface area contributed by atoms with Crippen molar-refractivity contribution in [1.82, 2.24) is 15.1 Å². The Hall–Kier alpha value is -1.85. The Morgan fingerprint density at radius 1 is 1.65 bits per heavy atom. The Morgan fingerprint density at radius 3 is 2.94 bits per heavy atom. The molecular weight excluding hydrogens is 222 g/mol. The van der Waals surface area contributed by atoms with Crippen molar-refractivity contribution in [2.75, 3.05) is 6.54 Å². The van der Waals surface area contributed by atoms with Crippen LogP contribution in [0.1, 0.15) is 36.2 Å². The molecule has 2 N–H and O–H groups in total. The van der Waals surface area contributed by atoms with Crippen LogP contribution in [0.5, 0.6) is 0 Å². The summed E-state index contributed by atoms with van der Waals surface area (Å²) in [5.41, 5.74) is 0.402. The Labute approximate surface area is 98.6 Å². The molecule has 1 saturated carbocycles. The van der Waals surface area contributed by atoms with Gasteiger partial charge in [0.1, 0.15) is 6.04 Å². The van der Waals surface area contributed by atoms with Gasteiger partial charge < -0.3 is 10.4 Å². The maximum atomic E-state index is 11.7. The van der Waals surface area contributed by atoms with Gasteiger partial charge in [0.25, 0.3) is 5.91 Å². The summed E-state index contributed by atoms with van der Waals surface area (Å²) in [6.07, 6.45) is 5.20. The topological polar surface area (TPSA) is 84.2 Å². The summed E-state index contributed by atoms with van der Waals surface area (Å²) in [6, 6.07) is -0.764. The summed E-state index contributed by atoms with van der Waals surface area (Å²) in [7, 11) is 0. The molecule has 1 amide bonds. The lowest BCUT2D eigenvalue weighted by atomic mass is 10.3. The van der Waals surface area contributed by atoms with Crippen LogP contribution in [-0.4, -0.2) is 33.3 Å². The fourth-order valence-electron chi connectivity index (χ4n) is 1.44. The van der Waals surface area contributed by atoms with Crippen LogP contribution in [0.3, 0.4) is 0 Å². The van der Waals surface area contributed by atoms with Gasteiger partial charge in [-0.05, 0) is 25.7 Å². The molecule has 1 aromatic rings. The molecule has 0 aromatic carbocycles. The highest BCUT2D eigenvalue weighted by Crippen LogP contribution is 2.27. The van der Waals surface area contributed by atoms with E-state index in [0.717, 1.165) is 0 Å². The van der Waals surface area contributed by atoms with Crippen molar-refractivity contribution < 1.29 is 14.7 Å². The van der Waals surface area contributed by atoms with E-state index in [0.29, 0.717) is 18.0 Å². The lowest BCUT2D eigenvalue weighted by Crippen LogP contribution is -2.25. The highest BCUT2D eigenvalue weighted by atomic mass is 16.4. The van der Waals surface area contributed by atoms with Crippen LogP contribution in [0, 0.1) is 5.92 Å². The molecule has 1 fully saturated rings. The normalized spacial score (nSPS) is 16.5. The lowest BCUT2D eigenvalue weighted by Gasteiger charge is -2.05. The summed E-state index contributed by atoms with van der Waals surface area (Å²) in [4.78, 5) is 22.4. The quantitative estimate of drug-likeness (QED) is 0.788. The molecule has 2 rings (SSSR count). The number of hydrogen-bond acceptors (Lipinski definition) is 3. The van der Waals surface area contributed by atoms with Crippen molar-refractivity contribution >= 4 is 11.9 Å². The van der Waals surface area contributed by atoms with Crippen molar-refractivity contribution in [3.63, 3.8) is 0 Å². The molecule has 0 bridgehead atoms. The van der Waals surface area contributed by atoms with Crippen molar-refractivity contribution in [2.45, 2.75) is 25.8 Å². The number of aliphatic carboxylic acids is 1. The van der Waals surface area contributed by atoms with Gasteiger partial charge in [-0.3, -0.25) is 9.48 Å². The molecular formula is C11H15N3O3. The summed E-state index contributed by atoms with van der Waals surface area (Å²) in [5, 5.41) is 15.5. The Bertz CT molecular complexity index is 437. The molecule has 1 heterocycles. The molecule has 0 radical (unpaired) electrons. The number of carboxylic acid groups (broad SMARTS) is 1. The number of carboxylic acids is 1. The number of hydrogen-bond donors (Lipinski definition) is 2. The third-order valence-corrected chi connectivity index (χ3v) is 2.87. The van der Waals surface area contributed by atoms with E-state index in [1.165, 1.54) is 36.8 Å². The van der Waals surface area contributed by atoms with Crippen LogP contribution in [0.25, 0.3) is 0 Å². The molecule has 92 valence electrons. The molecule has 1 aromatic heterocycles. The molecule has 0 saturated heterocycles. The van der Waals surface area contributed by atoms with Gasteiger partial charge in [0.05, 0.1) is 11.8 Å². The summed E-state index contributed by atoms with van der Waals surface area (Å²) < 4.78 is 1.27. The van der Waals surface area contributed by atoms with Gasteiger partial charge in [0, 0.05) is 12.7 Å². The molecule has 1 aliphatic rings. The van der Waals surface area contributed by atoms with E-state index in [-0.39, 0.29) is 5.91 Å². The fraction of sp³-hybridized carbons (Fsp3) is 0.545. The first-order chi connectivity index (χ1) is 8.08. The smallest absolute Gasteiger partial charge is 0.328 e. The van der Waals surface area contributed by atoms with Crippen LogP contribution < -0.4 is 5.32 Å². The lowest BCUT2D eigenvalue weighted by molar-refractivity contribution is -0.140. The number of aromatic nitrogens is 2. The average Bonchev–Trinajstić information content (AvgIpc) is 3.00. The van der Waals surface area contributed by atoms with Gasteiger partial charge in [-0.2, -0.15) is 5.10 Å². The molecule has 6 nitrogen and oxygen atoms in total. The number of rotatable bonds is 5. The predicted molar refractivity (Wildman–Crippen MR) is 59.6 cm³/mol. The molecule has 0 spiro atoms. The van der Waals surface area contributed by atoms with Gasteiger partial charge in [0.2, 0.25) is 0 Å². The van der Waals surface area contributed by atoms with E-state index < -0.39 is 12.0 Å². The Balaban J connectivity index is 1.96. The summed E-state index contributed by atoms with van der Waals surface area (Å²) in [5.74, 6) is -0.550. The second kappa shape index (κ2) is 4.57. The molecule has 1 unspecified atom stereocenters. The van der Waals surface area contributed by atoms with Crippen LogP contribution in [0.2, 0.25) is 0 Å². The number of nitrogens with one attached hydrogen (secondary N) is 1. The highest BCUT2D eigenvalue weighted by Gasteiger charge is 2.22. The minimum Gasteiger partial charge on any atom is -0.480 e. The standard InChI is InChI=1S/C11H15N3O3/c1-7(11(16)17)14-6-9(5-13-14)10(15)12-4-8-2-3-8/h5-8H,2-4H2,1H3,(H,12,15)(H,16,17). The predicted octanol–water partition coefficient (Wildman–Crippen LogP) is 0.668. The van der Waals surface area contributed by atoms with Gasteiger partial charge in [0.15, 0.2) is 0 Å². The fourth-order valence-corrected chi connectivity index (χ4v) is 1.44. The molecule has 1 aliphatic carbocycles. The van der Waals surface area contributed by atoms with Crippen LogP contribution >= 0.6 is 0 Å². The Morgan fingerprint density at radius 2 is 2.35 bits per heavy atom. The maximum absolute atomic E-state index is 11.7. The van der Waals surface area contributed by atoms with Gasteiger partial charge in [-0.25, -0.2) is 4.79 Å². The van der Waals surface area contributed by atoms with Crippen LogP contribution in [0.4, 0.5) is 0 Å². The van der Waals surface area contributed by atoms with E-state index >= 15 is 0 Å². The van der Waals surface area contributed by atoms with Crippen LogP contribution in [0.15, 0.2) is 12.4 Å². The van der Waals surface area contributed by atoms with Crippen molar-refractivity contribution in [3.05, 3.63) is 18.0 Å². The zero-order valence-electron chi connectivity index (χ0n) is 9.59. The first kappa shape index (κ1) is 11.6. The van der Waals surface area contributed by atoms with Crippen molar-refractivity contribution in [3.8, 4) is 0 Å². The van der Waals surface area contributed by atoms with E-state index in [1.54, 1.807) is 0 Å². The van der Waals surface area contributed by atoms with Crippen molar-refractivity contribution in [1.29, 1.82) is 0 Å². The van der Waals surface area contributed by atoms with E-state index in [4.69, 9.17) is 5.11 Å². The number of carbonyl (C=O) groups excluding carboxylic acids is 1. The first-order valence-electron chi connectivity index (χ1n) is 5.63. The number of amides is 1. The second-order valence-electron chi connectivity index (χ2n) is 4.38. The summed E-state index contributed by atoms with van der Waals surface area (Å²) in [6.45, 7) is 2.21. The monoisotopic (exact) mass is 237 g/mol. The molecule has 1 atom stereocenters. The zero-order valence-corrected chi connectivity index (χ0v) is 9.59. The van der Waals surface area contributed by atoms with Gasteiger partial charge in [-0.15, -0.1) is 0 Å². The van der Waals surface area contributed by atoms with E-state index in [9.17, 15) is 9.59 Å². The van der Waals surface area contributed by atoms with Crippen molar-refractivity contribution in [2.24, 2.45) is 5.92 Å². The number of carbonyl (C=O) groups is 2. The second-order valence-corrected chi connectivity index (χ2v) is 4.38. The maximum Gasteiger partial charge on any atom is 0.328 e. The van der Waals surface area contributed by atoms with E-state index in [1.807, 2.05) is 0 Å². The molecule has 0 aliphatic heterocycles. The molecule has 17 heavy (non-hydrogen) atoms. The van der Waals surface area contributed by atoms with E-state index in [2.05, 4.69) is 10.4 Å². The third-order valence-electron chi connectivity index (χ3n) is 2.87. The van der Waals surface area contributed by atoms with Gasteiger partial charge in [-0.1, -0.05) is 0 Å². The highest BCUT2D eigenvalue weighted by molar-refractivity contribution is 5.93.